The zero-order valence-electron chi connectivity index (χ0n) is 16.2. The number of alkyl halides is 3. The third kappa shape index (κ3) is 7.84. The van der Waals surface area contributed by atoms with E-state index in [1.54, 1.807) is 0 Å². The number of carboxylic acid groups (broad SMARTS) is 2. The molecule has 0 fully saturated rings. The molecule has 1 atom stereocenters. The minimum Gasteiger partial charge on any atom is -0.478 e. The second-order valence-electron chi connectivity index (χ2n) is 6.10. The molecule has 1 rings (SSSR count). The van der Waals surface area contributed by atoms with E-state index in [4.69, 9.17) is 20.4 Å². The summed E-state index contributed by atoms with van der Waals surface area (Å²) in [6.45, 7) is 0.315. The molecule has 0 amide bonds. The smallest absolute Gasteiger partial charge is 0.416 e. The first-order chi connectivity index (χ1) is 14.1. The summed E-state index contributed by atoms with van der Waals surface area (Å²) in [6, 6.07) is 3.89. The lowest BCUT2D eigenvalue weighted by molar-refractivity contribution is -0.137. The summed E-state index contributed by atoms with van der Waals surface area (Å²) >= 11 is 0. The number of methoxy groups -OCH3 is 1. The van der Waals surface area contributed by atoms with Gasteiger partial charge in [-0.3, -0.25) is 0 Å². The molecule has 0 spiro atoms. The van der Waals surface area contributed by atoms with Crippen LogP contribution in [0, 0.1) is 5.92 Å². The molecule has 0 bridgehead atoms. The van der Waals surface area contributed by atoms with Crippen LogP contribution in [0.4, 0.5) is 13.2 Å². The Labute approximate surface area is 170 Å². The summed E-state index contributed by atoms with van der Waals surface area (Å²) in [6.07, 6.45) is -3.59. The molecule has 0 aliphatic rings. The average Bonchev–Trinajstić information content (AvgIpc) is 2.67. The maximum absolute atomic E-state index is 12.9. The molecule has 0 saturated heterocycles. The molecule has 0 saturated carbocycles. The molecule has 0 radical (unpaired) electrons. The van der Waals surface area contributed by atoms with E-state index in [-0.39, 0.29) is 37.5 Å². The molecular formula is C19H23F3N2O6. The molecule has 30 heavy (non-hydrogen) atoms. The van der Waals surface area contributed by atoms with Crippen molar-refractivity contribution in [1.82, 2.24) is 0 Å². The molecule has 1 unspecified atom stereocenters. The van der Waals surface area contributed by atoms with Crippen molar-refractivity contribution < 1.29 is 42.5 Å². The highest BCUT2D eigenvalue weighted by Crippen LogP contribution is 2.30. The number of rotatable bonds is 12. The van der Waals surface area contributed by atoms with Gasteiger partial charge in [0.15, 0.2) is 0 Å². The Morgan fingerprint density at radius 3 is 2.30 bits per heavy atom. The highest BCUT2D eigenvalue weighted by molar-refractivity contribution is 6.09. The Balaban J connectivity index is 3.50. The molecule has 0 aromatic heterocycles. The van der Waals surface area contributed by atoms with Crippen molar-refractivity contribution in [2.45, 2.75) is 19.0 Å². The van der Waals surface area contributed by atoms with Gasteiger partial charge < -0.3 is 25.5 Å². The van der Waals surface area contributed by atoms with Crippen molar-refractivity contribution >= 4 is 17.7 Å². The van der Waals surface area contributed by atoms with E-state index in [0.29, 0.717) is 12.5 Å². The zero-order chi connectivity index (χ0) is 22.7. The molecule has 1 aromatic carbocycles. The average molecular weight is 432 g/mol. The third-order valence-corrected chi connectivity index (χ3v) is 3.95. The molecule has 0 heterocycles. The molecule has 1 aromatic rings. The van der Waals surface area contributed by atoms with Crippen LogP contribution in [0.15, 0.2) is 41.1 Å². The Morgan fingerprint density at radius 2 is 1.83 bits per heavy atom. The largest absolute Gasteiger partial charge is 0.478 e. The number of nitrogens with two attached hydrogens (primary N) is 1. The van der Waals surface area contributed by atoms with Crippen molar-refractivity contribution in [3.05, 3.63) is 47.0 Å². The minimum atomic E-state index is -4.56. The topological polar surface area (TPSA) is 131 Å². The highest BCUT2D eigenvalue weighted by Gasteiger charge is 2.32. The van der Waals surface area contributed by atoms with Crippen LogP contribution in [-0.2, 0) is 25.3 Å². The van der Waals surface area contributed by atoms with Crippen LogP contribution < -0.4 is 5.73 Å². The fourth-order valence-electron chi connectivity index (χ4n) is 2.63. The predicted octanol–water partition coefficient (Wildman–Crippen LogP) is 2.52. The van der Waals surface area contributed by atoms with Crippen molar-refractivity contribution in [1.29, 1.82) is 0 Å². The lowest BCUT2D eigenvalue weighted by Gasteiger charge is -2.20. The molecule has 0 aliphatic heterocycles. The number of aliphatic carboxylic acids is 2. The summed E-state index contributed by atoms with van der Waals surface area (Å²) in [4.78, 5) is 27.9. The van der Waals surface area contributed by atoms with E-state index in [1.165, 1.54) is 7.11 Å². The lowest BCUT2D eigenvalue weighted by Crippen LogP contribution is -2.25. The SMILES string of the molecule is COCCCC(/C(=C/C(=O)O)C(=O)O)/C(=N/OCCN)c1ccc(C(F)(F)F)cc1. The summed E-state index contributed by atoms with van der Waals surface area (Å²) in [5.41, 5.74) is 4.09. The normalized spacial score (nSPS) is 13.8. The fourth-order valence-corrected chi connectivity index (χ4v) is 2.63. The lowest BCUT2D eigenvalue weighted by atomic mass is 9.85. The number of carboxylic acids is 2. The number of halogens is 3. The van der Waals surface area contributed by atoms with Gasteiger partial charge in [0, 0.05) is 32.3 Å². The Hall–Kier alpha value is -2.92. The van der Waals surface area contributed by atoms with Gasteiger partial charge in [0.1, 0.15) is 6.61 Å². The van der Waals surface area contributed by atoms with E-state index >= 15 is 0 Å². The van der Waals surface area contributed by atoms with Crippen molar-refractivity contribution in [2.75, 3.05) is 26.9 Å². The zero-order valence-corrected chi connectivity index (χ0v) is 16.2. The molecule has 8 nitrogen and oxygen atoms in total. The quantitative estimate of drug-likeness (QED) is 0.200. The van der Waals surface area contributed by atoms with Crippen LogP contribution in [0.5, 0.6) is 0 Å². The van der Waals surface area contributed by atoms with Gasteiger partial charge in [-0.15, -0.1) is 0 Å². The van der Waals surface area contributed by atoms with Gasteiger partial charge in [-0.2, -0.15) is 13.2 Å². The third-order valence-electron chi connectivity index (χ3n) is 3.95. The molecule has 4 N–H and O–H groups in total. The van der Waals surface area contributed by atoms with Gasteiger partial charge >= 0.3 is 18.1 Å². The van der Waals surface area contributed by atoms with E-state index in [9.17, 15) is 27.9 Å². The molecular weight excluding hydrogens is 409 g/mol. The van der Waals surface area contributed by atoms with E-state index in [0.717, 1.165) is 24.3 Å². The first-order valence-electron chi connectivity index (χ1n) is 8.86. The van der Waals surface area contributed by atoms with Gasteiger partial charge in [-0.1, -0.05) is 17.3 Å². The van der Waals surface area contributed by atoms with Gasteiger partial charge in [0.05, 0.1) is 16.8 Å². The van der Waals surface area contributed by atoms with E-state index < -0.39 is 35.2 Å². The molecule has 166 valence electrons. The van der Waals surface area contributed by atoms with Crippen LogP contribution in [0.2, 0.25) is 0 Å². The highest BCUT2D eigenvalue weighted by atomic mass is 19.4. The van der Waals surface area contributed by atoms with E-state index in [2.05, 4.69) is 5.16 Å². The van der Waals surface area contributed by atoms with Gasteiger partial charge in [0.25, 0.3) is 0 Å². The number of oxime groups is 1. The van der Waals surface area contributed by atoms with Crippen molar-refractivity contribution in [3.63, 3.8) is 0 Å². The molecule has 11 heteroatoms. The van der Waals surface area contributed by atoms with E-state index in [1.807, 2.05) is 0 Å². The standard InChI is InChI=1S/C19H23F3N2O6/c1-29-9-2-3-14(15(18(27)28)11-16(25)26)17(24-30-10-8-23)12-4-6-13(7-5-12)19(20,21)22/h4-7,11,14H,2-3,8-10,23H2,1H3,(H,25,26)(H,27,28)/b15-11-,24-17+. The maximum atomic E-state index is 12.9. The van der Waals surface area contributed by atoms with Crippen molar-refractivity contribution in [3.8, 4) is 0 Å². The summed E-state index contributed by atoms with van der Waals surface area (Å²) in [7, 11) is 1.44. The number of benzene rings is 1. The number of hydrogen-bond donors (Lipinski definition) is 3. The monoisotopic (exact) mass is 432 g/mol. The van der Waals surface area contributed by atoms with Crippen LogP contribution in [0.3, 0.4) is 0 Å². The second kappa shape index (κ2) is 11.9. The summed E-state index contributed by atoms with van der Waals surface area (Å²) < 4.78 is 43.6. The van der Waals surface area contributed by atoms with Crippen LogP contribution in [0.1, 0.15) is 24.0 Å². The number of ether oxygens (including phenoxy) is 1. The Kier molecular flexibility index (Phi) is 9.99. The molecule has 0 aliphatic carbocycles. The van der Waals surface area contributed by atoms with Crippen molar-refractivity contribution in [2.24, 2.45) is 16.8 Å². The number of nitrogens with zero attached hydrogens (tertiary/aromatic N) is 1. The predicted molar refractivity (Wildman–Crippen MR) is 101 cm³/mol. The van der Waals surface area contributed by atoms with Crippen LogP contribution in [0.25, 0.3) is 0 Å². The Bertz CT molecular complexity index is 775. The Morgan fingerprint density at radius 1 is 1.20 bits per heavy atom. The minimum absolute atomic E-state index is 0.0248. The summed E-state index contributed by atoms with van der Waals surface area (Å²) in [5.74, 6) is -4.07. The fraction of sp³-hybridized carbons (Fsp3) is 0.421. The van der Waals surface area contributed by atoms with Gasteiger partial charge in [-0.25, -0.2) is 9.59 Å². The first kappa shape index (κ1) is 25.1. The second-order valence-corrected chi connectivity index (χ2v) is 6.10. The maximum Gasteiger partial charge on any atom is 0.416 e. The number of carbonyl (C=O) groups is 2. The summed E-state index contributed by atoms with van der Waals surface area (Å²) in [5, 5.41) is 22.5. The number of hydrogen-bond acceptors (Lipinski definition) is 6. The van der Waals surface area contributed by atoms with Gasteiger partial charge in [-0.05, 0) is 30.5 Å². The first-order valence-corrected chi connectivity index (χ1v) is 8.86. The van der Waals surface area contributed by atoms with Gasteiger partial charge in [0.2, 0.25) is 0 Å². The van der Waals surface area contributed by atoms with Crippen LogP contribution >= 0.6 is 0 Å². The van der Waals surface area contributed by atoms with Crippen LogP contribution in [-0.4, -0.2) is 54.7 Å².